The van der Waals surface area contributed by atoms with Crippen molar-refractivity contribution in [2.45, 2.75) is 24.4 Å². The lowest BCUT2D eigenvalue weighted by atomic mass is 10.1. The van der Waals surface area contributed by atoms with Gasteiger partial charge in [0.1, 0.15) is 12.6 Å². The molecular formula is C25H24Cl3N3O4S. The molecule has 0 spiro atoms. The average Bonchev–Trinajstić information content (AvgIpc) is 2.86. The maximum absolute atomic E-state index is 13.7. The number of likely N-dealkylation sites (N-methyl/N-ethyl adjacent to an activating group) is 1. The van der Waals surface area contributed by atoms with Crippen LogP contribution in [-0.4, -0.2) is 44.8 Å². The number of hydrogen-bond acceptors (Lipinski definition) is 4. The Morgan fingerprint density at radius 3 is 2.19 bits per heavy atom. The molecule has 7 nitrogen and oxygen atoms in total. The first kappa shape index (κ1) is 27.8. The van der Waals surface area contributed by atoms with Crippen LogP contribution >= 0.6 is 34.8 Å². The van der Waals surface area contributed by atoms with Crippen LogP contribution in [0, 0.1) is 0 Å². The highest BCUT2D eigenvalue weighted by Gasteiger charge is 2.32. The number of hydrogen-bond donors (Lipinski definition) is 1. The van der Waals surface area contributed by atoms with Crippen LogP contribution < -0.4 is 9.62 Å². The second kappa shape index (κ2) is 12.0. The van der Waals surface area contributed by atoms with E-state index in [2.05, 4.69) is 5.32 Å². The molecule has 190 valence electrons. The van der Waals surface area contributed by atoms with Gasteiger partial charge in [0.15, 0.2) is 0 Å². The van der Waals surface area contributed by atoms with E-state index in [-0.39, 0.29) is 17.1 Å². The van der Waals surface area contributed by atoms with Crippen molar-refractivity contribution < 1.29 is 18.0 Å². The number of carbonyl (C=O) groups excluding carboxylic acids is 2. The molecule has 0 aromatic heterocycles. The third-order valence-electron chi connectivity index (χ3n) is 5.48. The lowest BCUT2D eigenvalue weighted by Gasteiger charge is -2.32. The molecule has 0 saturated heterocycles. The normalized spacial score (nSPS) is 12.0. The van der Waals surface area contributed by atoms with Crippen molar-refractivity contribution in [3.8, 4) is 0 Å². The van der Waals surface area contributed by atoms with Gasteiger partial charge in [0.2, 0.25) is 11.8 Å². The molecule has 0 aliphatic carbocycles. The second-order valence-corrected chi connectivity index (χ2v) is 11.0. The van der Waals surface area contributed by atoms with Crippen LogP contribution in [-0.2, 0) is 26.2 Å². The molecule has 0 aliphatic heterocycles. The highest BCUT2D eigenvalue weighted by Crippen LogP contribution is 2.27. The molecule has 2 amide bonds. The molecule has 0 saturated carbocycles. The molecule has 3 aromatic carbocycles. The molecule has 11 heteroatoms. The van der Waals surface area contributed by atoms with E-state index in [0.717, 1.165) is 4.31 Å². The van der Waals surface area contributed by atoms with Crippen LogP contribution in [0.3, 0.4) is 0 Å². The Morgan fingerprint density at radius 2 is 1.58 bits per heavy atom. The number of halogens is 3. The summed E-state index contributed by atoms with van der Waals surface area (Å²) in [6.07, 6.45) is 0. The highest BCUT2D eigenvalue weighted by atomic mass is 35.5. The fraction of sp³-hybridized carbons (Fsp3) is 0.200. The van der Waals surface area contributed by atoms with E-state index in [1.54, 1.807) is 55.5 Å². The monoisotopic (exact) mass is 567 g/mol. The minimum atomic E-state index is -4.15. The van der Waals surface area contributed by atoms with Crippen LogP contribution in [0.25, 0.3) is 0 Å². The number of sulfonamides is 1. The average molecular weight is 569 g/mol. The maximum Gasteiger partial charge on any atom is 0.264 e. The first-order chi connectivity index (χ1) is 17.0. The summed E-state index contributed by atoms with van der Waals surface area (Å²) in [5.41, 5.74) is 0.752. The zero-order chi connectivity index (χ0) is 26.5. The quantitative estimate of drug-likeness (QED) is 0.393. The first-order valence-corrected chi connectivity index (χ1v) is 13.4. The van der Waals surface area contributed by atoms with Crippen molar-refractivity contribution in [2.75, 3.05) is 17.9 Å². The number of anilines is 1. The van der Waals surface area contributed by atoms with E-state index in [0.29, 0.717) is 20.6 Å². The summed E-state index contributed by atoms with van der Waals surface area (Å²) in [5.74, 6) is -1.04. The van der Waals surface area contributed by atoms with Crippen molar-refractivity contribution in [1.82, 2.24) is 10.2 Å². The lowest BCUT2D eigenvalue weighted by Crippen LogP contribution is -2.50. The van der Waals surface area contributed by atoms with E-state index in [4.69, 9.17) is 34.8 Å². The van der Waals surface area contributed by atoms with Gasteiger partial charge in [-0.1, -0.05) is 65.1 Å². The summed E-state index contributed by atoms with van der Waals surface area (Å²) in [7, 11) is -2.70. The molecule has 0 bridgehead atoms. The SMILES string of the molecule is CNC(=O)C(C)N(Cc1ccc(Cl)cc1Cl)C(=O)CN(c1cccc(Cl)c1)S(=O)(=O)c1ccccc1. The van der Waals surface area contributed by atoms with E-state index >= 15 is 0 Å². The van der Waals surface area contributed by atoms with E-state index in [9.17, 15) is 18.0 Å². The number of rotatable bonds is 9. The van der Waals surface area contributed by atoms with Crippen molar-refractivity contribution in [1.29, 1.82) is 0 Å². The van der Waals surface area contributed by atoms with Gasteiger partial charge in [-0.05, 0) is 55.0 Å². The Balaban J connectivity index is 2.04. The number of amides is 2. The van der Waals surface area contributed by atoms with Crippen molar-refractivity contribution in [3.05, 3.63) is 93.4 Å². The molecule has 3 rings (SSSR count). The summed E-state index contributed by atoms with van der Waals surface area (Å²) in [5, 5.41) is 3.56. The minimum absolute atomic E-state index is 0.00409. The number of nitrogens with zero attached hydrogens (tertiary/aromatic N) is 2. The Bertz CT molecular complexity index is 1350. The van der Waals surface area contributed by atoms with Crippen LogP contribution in [0.1, 0.15) is 12.5 Å². The number of nitrogens with one attached hydrogen (secondary N) is 1. The molecule has 0 fully saturated rings. The summed E-state index contributed by atoms with van der Waals surface area (Å²) < 4.78 is 28.2. The second-order valence-electron chi connectivity index (χ2n) is 7.85. The molecule has 0 aliphatic rings. The molecule has 0 radical (unpaired) electrons. The Hall–Kier alpha value is -2.78. The fourth-order valence-corrected chi connectivity index (χ4v) is 5.58. The largest absolute Gasteiger partial charge is 0.357 e. The van der Waals surface area contributed by atoms with Gasteiger partial charge in [-0.2, -0.15) is 0 Å². The minimum Gasteiger partial charge on any atom is -0.357 e. The Labute approximate surface area is 225 Å². The lowest BCUT2D eigenvalue weighted by molar-refractivity contribution is -0.139. The molecule has 1 atom stereocenters. The van der Waals surface area contributed by atoms with Gasteiger partial charge in [-0.3, -0.25) is 13.9 Å². The molecule has 0 heterocycles. The van der Waals surface area contributed by atoms with Gasteiger partial charge >= 0.3 is 0 Å². The summed E-state index contributed by atoms with van der Waals surface area (Å²) in [4.78, 5) is 27.4. The first-order valence-electron chi connectivity index (χ1n) is 10.8. The highest BCUT2D eigenvalue weighted by molar-refractivity contribution is 7.92. The fourth-order valence-electron chi connectivity index (χ4n) is 3.50. The van der Waals surface area contributed by atoms with Gasteiger partial charge < -0.3 is 10.2 Å². The van der Waals surface area contributed by atoms with E-state index in [1.807, 2.05) is 0 Å². The molecule has 3 aromatic rings. The molecule has 36 heavy (non-hydrogen) atoms. The predicted molar refractivity (Wildman–Crippen MR) is 143 cm³/mol. The van der Waals surface area contributed by atoms with Gasteiger partial charge in [-0.25, -0.2) is 8.42 Å². The summed E-state index contributed by atoms with van der Waals surface area (Å²) >= 11 is 18.5. The maximum atomic E-state index is 13.7. The van der Waals surface area contributed by atoms with Crippen molar-refractivity contribution >= 4 is 62.3 Å². The van der Waals surface area contributed by atoms with Crippen molar-refractivity contribution in [3.63, 3.8) is 0 Å². The van der Waals surface area contributed by atoms with Gasteiger partial charge in [0, 0.05) is 28.7 Å². The smallest absolute Gasteiger partial charge is 0.264 e. The number of benzene rings is 3. The Kier molecular flexibility index (Phi) is 9.24. The summed E-state index contributed by atoms with van der Waals surface area (Å²) in [6.45, 7) is 0.929. The van der Waals surface area contributed by atoms with Gasteiger partial charge in [0.25, 0.3) is 10.0 Å². The van der Waals surface area contributed by atoms with Crippen molar-refractivity contribution in [2.24, 2.45) is 0 Å². The zero-order valence-electron chi connectivity index (χ0n) is 19.5. The molecule has 1 N–H and O–H groups in total. The predicted octanol–water partition coefficient (Wildman–Crippen LogP) is 5.01. The van der Waals surface area contributed by atoms with Crippen LogP contribution in [0.2, 0.25) is 15.1 Å². The van der Waals surface area contributed by atoms with Crippen LogP contribution in [0.5, 0.6) is 0 Å². The topological polar surface area (TPSA) is 86.8 Å². The molecular weight excluding hydrogens is 545 g/mol. The standard InChI is InChI=1S/C25H24Cl3N3O4S/c1-17(25(33)29-2)30(15-18-11-12-20(27)14-23(18)28)24(32)16-31(21-8-6-7-19(26)13-21)36(34,35)22-9-4-3-5-10-22/h3-14,17H,15-16H2,1-2H3,(H,29,33). The van der Waals surface area contributed by atoms with Gasteiger partial charge in [-0.15, -0.1) is 0 Å². The summed E-state index contributed by atoms with van der Waals surface area (Å²) in [6, 6.07) is 17.8. The van der Waals surface area contributed by atoms with Crippen LogP contribution in [0.4, 0.5) is 5.69 Å². The number of carbonyl (C=O) groups is 2. The van der Waals surface area contributed by atoms with Crippen LogP contribution in [0.15, 0.2) is 77.7 Å². The van der Waals surface area contributed by atoms with E-state index in [1.165, 1.54) is 36.2 Å². The van der Waals surface area contributed by atoms with E-state index < -0.39 is 34.4 Å². The Morgan fingerprint density at radius 1 is 0.917 bits per heavy atom. The molecule has 1 unspecified atom stereocenters. The third-order valence-corrected chi connectivity index (χ3v) is 8.09. The van der Waals surface area contributed by atoms with Gasteiger partial charge in [0.05, 0.1) is 10.6 Å². The zero-order valence-corrected chi connectivity index (χ0v) is 22.6. The third kappa shape index (κ3) is 6.50.